The van der Waals surface area contributed by atoms with Crippen LogP contribution in [0.1, 0.15) is 34.6 Å². The van der Waals surface area contributed by atoms with Crippen molar-refractivity contribution < 1.29 is 33.6 Å². The third kappa shape index (κ3) is 12.0. The van der Waals surface area contributed by atoms with E-state index in [2.05, 4.69) is 27.7 Å². The molecule has 53 heavy (non-hydrogen) atoms. The van der Waals surface area contributed by atoms with Gasteiger partial charge in [0.25, 0.3) is 0 Å². The van der Waals surface area contributed by atoms with Crippen molar-refractivity contribution in [3.05, 3.63) is 150 Å². The largest absolute Gasteiger partial charge is 0.491 e. The Hall–Kier alpha value is -6.04. The number of benzene rings is 5. The molecule has 0 fully saturated rings. The van der Waals surface area contributed by atoms with Crippen LogP contribution < -0.4 is 25.8 Å². The molecule has 0 radical (unpaired) electrons. The molecule has 0 unspecified atom stereocenters. The predicted octanol–water partition coefficient (Wildman–Crippen LogP) is 7.67. The summed E-state index contributed by atoms with van der Waals surface area (Å²) in [7, 11) is 2.64. The van der Waals surface area contributed by atoms with Crippen molar-refractivity contribution in [2.24, 2.45) is 0 Å². The van der Waals surface area contributed by atoms with Gasteiger partial charge in [-0.1, -0.05) is 84.9 Å². The van der Waals surface area contributed by atoms with E-state index in [4.69, 9.17) is 24.7 Å². The van der Waals surface area contributed by atoms with Gasteiger partial charge in [-0.15, -0.1) is 0 Å². The molecular formula is C42H46N4O7. The standard InChI is InChI=1S/C42H46N4O7/c1-50-41(48)44-34-17-13-32(14-18-34)38(33-15-19-35(20-16-33)45-42(49)51-2)23-24-46(26-30-9-5-3-6-10-30)27-36(47)29-52-37-21-22-40(39(43)25-37)53-28-31-11-7-4-8-12-31/h3-22,25,36,38,47H,23-24,26-29,43H2,1-2H3,(H,44,48)(H,45,49)/t36-/m0/s1. The minimum Gasteiger partial charge on any atom is -0.491 e. The summed E-state index contributed by atoms with van der Waals surface area (Å²) >= 11 is 0. The molecule has 0 saturated carbocycles. The van der Waals surface area contributed by atoms with Crippen LogP contribution in [0.5, 0.6) is 11.5 Å². The summed E-state index contributed by atoms with van der Waals surface area (Å²) in [5, 5.41) is 16.6. The summed E-state index contributed by atoms with van der Waals surface area (Å²) in [6.45, 7) is 2.09. The topological polar surface area (TPSA) is 145 Å². The number of aliphatic hydroxyl groups excluding tert-OH is 1. The molecule has 0 spiro atoms. The van der Waals surface area contributed by atoms with Gasteiger partial charge in [-0.2, -0.15) is 0 Å². The molecule has 0 bridgehead atoms. The molecule has 0 aliphatic rings. The Morgan fingerprint density at radius 2 is 1.26 bits per heavy atom. The number of carbonyl (C=O) groups excluding carboxylic acids is 2. The molecule has 5 aromatic carbocycles. The van der Waals surface area contributed by atoms with Crippen LogP contribution in [0.2, 0.25) is 0 Å². The number of ether oxygens (including phenoxy) is 4. The van der Waals surface area contributed by atoms with Crippen LogP contribution in [0, 0.1) is 0 Å². The van der Waals surface area contributed by atoms with Gasteiger partial charge in [-0.25, -0.2) is 9.59 Å². The number of nitrogens with two attached hydrogens (primary N) is 1. The zero-order chi connectivity index (χ0) is 37.4. The number of rotatable bonds is 17. The van der Waals surface area contributed by atoms with Crippen LogP contribution in [0.15, 0.2) is 127 Å². The van der Waals surface area contributed by atoms with Gasteiger partial charge in [0.15, 0.2) is 0 Å². The van der Waals surface area contributed by atoms with Gasteiger partial charge >= 0.3 is 12.2 Å². The first-order valence-corrected chi connectivity index (χ1v) is 17.3. The second kappa shape index (κ2) is 19.5. The van der Waals surface area contributed by atoms with E-state index >= 15 is 0 Å². The number of anilines is 3. The first-order valence-electron chi connectivity index (χ1n) is 17.3. The molecule has 0 aromatic heterocycles. The average Bonchev–Trinajstić information content (AvgIpc) is 3.18. The Morgan fingerprint density at radius 1 is 0.717 bits per heavy atom. The van der Waals surface area contributed by atoms with Gasteiger partial charge in [0.05, 0.1) is 19.9 Å². The first kappa shape index (κ1) is 38.2. The molecule has 0 aliphatic carbocycles. The van der Waals surface area contributed by atoms with Crippen LogP contribution in [0.3, 0.4) is 0 Å². The van der Waals surface area contributed by atoms with Crippen molar-refractivity contribution in [3.63, 3.8) is 0 Å². The molecule has 276 valence electrons. The molecule has 11 heteroatoms. The van der Waals surface area contributed by atoms with E-state index in [9.17, 15) is 14.7 Å². The van der Waals surface area contributed by atoms with E-state index in [0.717, 1.165) is 22.3 Å². The molecule has 11 nitrogen and oxygen atoms in total. The van der Waals surface area contributed by atoms with E-state index in [1.165, 1.54) is 14.2 Å². The summed E-state index contributed by atoms with van der Waals surface area (Å²) < 4.78 is 21.3. The maximum absolute atomic E-state index is 11.8. The highest BCUT2D eigenvalue weighted by Gasteiger charge is 2.20. The highest BCUT2D eigenvalue weighted by molar-refractivity contribution is 5.85. The maximum Gasteiger partial charge on any atom is 0.411 e. The Balaban J connectivity index is 1.27. The predicted molar refractivity (Wildman–Crippen MR) is 206 cm³/mol. The SMILES string of the molecule is COC(=O)Nc1ccc(C(CCN(Cc2ccccc2)C[C@H](O)COc2ccc(OCc3ccccc3)c(N)c2)c2ccc(NC(=O)OC)cc2)cc1. The summed E-state index contributed by atoms with van der Waals surface area (Å²) in [4.78, 5) is 25.8. The number of nitrogen functional groups attached to an aromatic ring is 1. The highest BCUT2D eigenvalue weighted by Crippen LogP contribution is 2.31. The lowest BCUT2D eigenvalue weighted by molar-refractivity contribution is 0.0647. The summed E-state index contributed by atoms with van der Waals surface area (Å²) in [5.74, 6) is 1.05. The van der Waals surface area contributed by atoms with Crippen molar-refractivity contribution >= 4 is 29.2 Å². The lowest BCUT2D eigenvalue weighted by atomic mass is 9.88. The lowest BCUT2D eigenvalue weighted by Crippen LogP contribution is -2.36. The molecule has 0 aliphatic heterocycles. The van der Waals surface area contributed by atoms with Gasteiger partial charge in [-0.3, -0.25) is 15.5 Å². The minimum absolute atomic E-state index is 0.0494. The molecule has 5 aromatic rings. The van der Waals surface area contributed by atoms with Gasteiger partial charge in [0, 0.05) is 36.4 Å². The lowest BCUT2D eigenvalue weighted by Gasteiger charge is -2.28. The monoisotopic (exact) mass is 718 g/mol. The van der Waals surface area contributed by atoms with Crippen molar-refractivity contribution in [2.45, 2.75) is 31.6 Å². The number of aliphatic hydroxyl groups is 1. The van der Waals surface area contributed by atoms with Crippen molar-refractivity contribution in [1.29, 1.82) is 0 Å². The van der Waals surface area contributed by atoms with Crippen LogP contribution in [-0.2, 0) is 22.6 Å². The Morgan fingerprint density at radius 3 is 1.79 bits per heavy atom. The van der Waals surface area contributed by atoms with Crippen molar-refractivity contribution in [2.75, 3.05) is 50.3 Å². The number of methoxy groups -OCH3 is 2. The van der Waals surface area contributed by atoms with Crippen LogP contribution in [0.4, 0.5) is 26.7 Å². The van der Waals surface area contributed by atoms with E-state index in [-0.39, 0.29) is 12.5 Å². The number of hydrogen-bond donors (Lipinski definition) is 4. The Kier molecular flexibility index (Phi) is 14.1. The van der Waals surface area contributed by atoms with Crippen molar-refractivity contribution in [1.82, 2.24) is 4.90 Å². The van der Waals surface area contributed by atoms with Crippen LogP contribution in [-0.4, -0.2) is 62.2 Å². The molecule has 5 rings (SSSR count). The summed E-state index contributed by atoms with van der Waals surface area (Å²) in [6.07, 6.45) is -1.18. The molecule has 0 saturated heterocycles. The zero-order valence-electron chi connectivity index (χ0n) is 29.9. The molecule has 1 atom stereocenters. The number of nitrogens with one attached hydrogen (secondary N) is 2. The second-order valence-electron chi connectivity index (χ2n) is 12.5. The number of nitrogens with zero attached hydrogens (tertiary/aromatic N) is 1. The molecule has 2 amide bonds. The summed E-state index contributed by atoms with van der Waals surface area (Å²) in [5.41, 5.74) is 12.2. The fourth-order valence-corrected chi connectivity index (χ4v) is 5.88. The van der Waals surface area contributed by atoms with Crippen LogP contribution >= 0.6 is 0 Å². The highest BCUT2D eigenvalue weighted by atomic mass is 16.5. The van der Waals surface area contributed by atoms with Crippen molar-refractivity contribution in [3.8, 4) is 11.5 Å². The first-order chi connectivity index (χ1) is 25.8. The Bertz CT molecular complexity index is 1810. The second-order valence-corrected chi connectivity index (χ2v) is 12.5. The maximum atomic E-state index is 11.8. The normalized spacial score (nSPS) is 11.5. The van der Waals surface area contributed by atoms with Crippen LogP contribution in [0.25, 0.3) is 0 Å². The van der Waals surface area contributed by atoms with Gasteiger partial charge < -0.3 is 29.8 Å². The third-order valence-corrected chi connectivity index (χ3v) is 8.60. The molecule has 0 heterocycles. The number of hydrogen-bond acceptors (Lipinski definition) is 9. The number of amides is 2. The zero-order valence-corrected chi connectivity index (χ0v) is 29.9. The van der Waals surface area contributed by atoms with Gasteiger partial charge in [0.1, 0.15) is 30.8 Å². The minimum atomic E-state index is -0.792. The third-order valence-electron chi connectivity index (χ3n) is 8.60. The fraction of sp³-hybridized carbons (Fsp3) is 0.238. The van der Waals surface area contributed by atoms with Gasteiger partial charge in [-0.05, 0) is 71.6 Å². The molecule has 5 N–H and O–H groups in total. The smallest absolute Gasteiger partial charge is 0.411 e. The fourth-order valence-electron chi connectivity index (χ4n) is 5.88. The van der Waals surface area contributed by atoms with E-state index in [0.29, 0.717) is 61.2 Å². The van der Waals surface area contributed by atoms with E-state index in [1.54, 1.807) is 18.2 Å². The molecular weight excluding hydrogens is 672 g/mol. The Labute approximate surface area is 310 Å². The number of carbonyl (C=O) groups is 2. The quantitative estimate of drug-likeness (QED) is 0.0712. The van der Waals surface area contributed by atoms with E-state index < -0.39 is 18.3 Å². The summed E-state index contributed by atoms with van der Waals surface area (Å²) in [6, 6.07) is 40.5. The van der Waals surface area contributed by atoms with E-state index in [1.807, 2.05) is 97.1 Å². The average molecular weight is 719 g/mol. The van der Waals surface area contributed by atoms with Gasteiger partial charge in [0.2, 0.25) is 0 Å².